The van der Waals surface area contributed by atoms with E-state index in [0.29, 0.717) is 12.0 Å². The number of hydrogen-bond acceptors (Lipinski definition) is 2. The van der Waals surface area contributed by atoms with Crippen LogP contribution in [0.2, 0.25) is 0 Å². The van der Waals surface area contributed by atoms with Crippen molar-refractivity contribution in [3.8, 4) is 0 Å². The Hall–Kier alpha value is -0.630. The van der Waals surface area contributed by atoms with Gasteiger partial charge in [-0.05, 0) is 13.3 Å². The molecule has 0 fully saturated rings. The standard InChI is InChI=1S/C9H16O2/c1-4-5-6-9(11)7(2)8(3)10/h8,10H,2,4-6H2,1,3H3. The average molecular weight is 156 g/mol. The molecule has 2 nitrogen and oxygen atoms in total. The monoisotopic (exact) mass is 156 g/mol. The maximum Gasteiger partial charge on any atom is 0.160 e. The fourth-order valence-corrected chi connectivity index (χ4v) is 0.731. The van der Waals surface area contributed by atoms with Crippen LogP contribution in [0.25, 0.3) is 0 Å². The van der Waals surface area contributed by atoms with E-state index in [0.717, 1.165) is 12.8 Å². The van der Waals surface area contributed by atoms with E-state index in [1.165, 1.54) is 0 Å². The van der Waals surface area contributed by atoms with E-state index in [1.807, 2.05) is 6.92 Å². The number of unbranched alkanes of at least 4 members (excludes halogenated alkanes) is 1. The average Bonchev–Trinajstić information content (AvgIpc) is 1.98. The van der Waals surface area contributed by atoms with Gasteiger partial charge in [0.25, 0.3) is 0 Å². The number of Topliss-reactive ketones (excluding diaryl/α,β-unsaturated/α-hetero) is 1. The molecule has 0 aliphatic rings. The Labute approximate surface area is 67.9 Å². The number of hydrogen-bond donors (Lipinski definition) is 1. The van der Waals surface area contributed by atoms with Crippen LogP contribution in [0.5, 0.6) is 0 Å². The quantitative estimate of drug-likeness (QED) is 0.615. The number of rotatable bonds is 5. The Kier molecular flexibility index (Phi) is 4.79. The van der Waals surface area contributed by atoms with Gasteiger partial charge in [-0.25, -0.2) is 0 Å². The lowest BCUT2D eigenvalue weighted by molar-refractivity contribution is -0.116. The highest BCUT2D eigenvalue weighted by molar-refractivity contribution is 5.95. The van der Waals surface area contributed by atoms with Gasteiger partial charge in [-0.3, -0.25) is 4.79 Å². The summed E-state index contributed by atoms with van der Waals surface area (Å²) in [4.78, 5) is 11.1. The highest BCUT2D eigenvalue weighted by atomic mass is 16.3. The fourth-order valence-electron chi connectivity index (χ4n) is 0.731. The molecule has 0 saturated carbocycles. The van der Waals surface area contributed by atoms with Crippen LogP contribution >= 0.6 is 0 Å². The van der Waals surface area contributed by atoms with Crippen LogP contribution in [0.15, 0.2) is 12.2 Å². The van der Waals surface area contributed by atoms with Crippen LogP contribution in [0.4, 0.5) is 0 Å². The zero-order valence-electron chi connectivity index (χ0n) is 7.26. The maximum atomic E-state index is 11.1. The third kappa shape index (κ3) is 3.94. The molecule has 0 spiro atoms. The largest absolute Gasteiger partial charge is 0.389 e. The van der Waals surface area contributed by atoms with Crippen molar-refractivity contribution in [2.24, 2.45) is 0 Å². The van der Waals surface area contributed by atoms with Gasteiger partial charge in [0.15, 0.2) is 5.78 Å². The molecule has 0 aliphatic carbocycles. The van der Waals surface area contributed by atoms with Crippen molar-refractivity contribution in [3.63, 3.8) is 0 Å². The molecule has 1 N–H and O–H groups in total. The third-order valence-corrected chi connectivity index (χ3v) is 1.62. The highest BCUT2D eigenvalue weighted by Gasteiger charge is 2.10. The minimum Gasteiger partial charge on any atom is -0.389 e. The lowest BCUT2D eigenvalue weighted by Crippen LogP contribution is -2.13. The molecule has 0 aliphatic heterocycles. The Morgan fingerprint density at radius 3 is 2.55 bits per heavy atom. The van der Waals surface area contributed by atoms with Crippen LogP contribution in [0.3, 0.4) is 0 Å². The zero-order valence-corrected chi connectivity index (χ0v) is 7.26. The van der Waals surface area contributed by atoms with Gasteiger partial charge in [-0.1, -0.05) is 19.9 Å². The predicted molar refractivity (Wildman–Crippen MR) is 45.4 cm³/mol. The van der Waals surface area contributed by atoms with Gasteiger partial charge < -0.3 is 5.11 Å². The lowest BCUT2D eigenvalue weighted by atomic mass is 10.0. The molecule has 0 aromatic heterocycles. The smallest absolute Gasteiger partial charge is 0.160 e. The van der Waals surface area contributed by atoms with Gasteiger partial charge in [0.2, 0.25) is 0 Å². The molecule has 0 aromatic rings. The first-order valence-electron chi connectivity index (χ1n) is 3.99. The number of carbonyl (C=O) groups is 1. The number of aliphatic hydroxyl groups is 1. The van der Waals surface area contributed by atoms with E-state index in [9.17, 15) is 4.79 Å². The first-order chi connectivity index (χ1) is 5.09. The van der Waals surface area contributed by atoms with Gasteiger partial charge >= 0.3 is 0 Å². The van der Waals surface area contributed by atoms with Gasteiger partial charge in [0.1, 0.15) is 0 Å². The van der Waals surface area contributed by atoms with Crippen LogP contribution in [-0.4, -0.2) is 17.0 Å². The summed E-state index contributed by atoms with van der Waals surface area (Å²) in [6.45, 7) is 7.10. The molecule has 1 unspecified atom stereocenters. The van der Waals surface area contributed by atoms with Crippen molar-refractivity contribution in [2.45, 2.75) is 39.2 Å². The van der Waals surface area contributed by atoms with Crippen molar-refractivity contribution in [1.29, 1.82) is 0 Å². The van der Waals surface area contributed by atoms with Crippen LogP contribution in [0.1, 0.15) is 33.1 Å². The zero-order chi connectivity index (χ0) is 8.85. The molecule has 11 heavy (non-hydrogen) atoms. The molecule has 2 heteroatoms. The molecule has 0 aromatic carbocycles. The Bertz CT molecular complexity index is 148. The van der Waals surface area contributed by atoms with Crippen molar-refractivity contribution in [1.82, 2.24) is 0 Å². The van der Waals surface area contributed by atoms with E-state index in [1.54, 1.807) is 6.92 Å². The van der Waals surface area contributed by atoms with Gasteiger partial charge in [-0.15, -0.1) is 0 Å². The van der Waals surface area contributed by atoms with Crippen molar-refractivity contribution in [3.05, 3.63) is 12.2 Å². The molecule has 0 heterocycles. The summed E-state index contributed by atoms with van der Waals surface area (Å²) in [6, 6.07) is 0. The molecular formula is C9H16O2. The summed E-state index contributed by atoms with van der Waals surface area (Å²) in [5.41, 5.74) is 0.332. The fraction of sp³-hybridized carbons (Fsp3) is 0.667. The second kappa shape index (κ2) is 5.08. The lowest BCUT2D eigenvalue weighted by Gasteiger charge is -2.05. The minimum absolute atomic E-state index is 0.0122. The highest BCUT2D eigenvalue weighted by Crippen LogP contribution is 2.06. The normalized spacial score (nSPS) is 12.6. The predicted octanol–water partition coefficient (Wildman–Crippen LogP) is 1.68. The molecule has 0 bridgehead atoms. The second-order valence-corrected chi connectivity index (χ2v) is 2.73. The van der Waals surface area contributed by atoms with E-state index in [-0.39, 0.29) is 5.78 Å². The molecular weight excluding hydrogens is 140 g/mol. The Morgan fingerprint density at radius 1 is 1.64 bits per heavy atom. The topological polar surface area (TPSA) is 37.3 Å². The van der Waals surface area contributed by atoms with Crippen LogP contribution in [0, 0.1) is 0 Å². The summed E-state index contributed by atoms with van der Waals surface area (Å²) in [5, 5.41) is 8.97. The first-order valence-corrected chi connectivity index (χ1v) is 3.99. The Balaban J connectivity index is 3.75. The molecule has 0 radical (unpaired) electrons. The molecule has 0 rings (SSSR count). The molecule has 0 saturated heterocycles. The summed E-state index contributed by atoms with van der Waals surface area (Å²) in [5.74, 6) is -0.0122. The van der Waals surface area contributed by atoms with Crippen molar-refractivity contribution < 1.29 is 9.90 Å². The number of carbonyl (C=O) groups excluding carboxylic acids is 1. The van der Waals surface area contributed by atoms with Crippen LogP contribution < -0.4 is 0 Å². The van der Waals surface area contributed by atoms with Gasteiger partial charge in [0.05, 0.1) is 6.10 Å². The van der Waals surface area contributed by atoms with Crippen LogP contribution in [-0.2, 0) is 4.79 Å². The first kappa shape index (κ1) is 10.4. The number of ketones is 1. The third-order valence-electron chi connectivity index (χ3n) is 1.62. The van der Waals surface area contributed by atoms with Gasteiger partial charge in [0, 0.05) is 12.0 Å². The molecule has 0 amide bonds. The van der Waals surface area contributed by atoms with E-state index < -0.39 is 6.10 Å². The Morgan fingerprint density at radius 2 is 2.18 bits per heavy atom. The summed E-state index contributed by atoms with van der Waals surface area (Å²) in [7, 11) is 0. The van der Waals surface area contributed by atoms with Gasteiger partial charge in [-0.2, -0.15) is 0 Å². The second-order valence-electron chi connectivity index (χ2n) is 2.73. The van der Waals surface area contributed by atoms with E-state index >= 15 is 0 Å². The van der Waals surface area contributed by atoms with Crippen molar-refractivity contribution >= 4 is 5.78 Å². The molecule has 1 atom stereocenters. The summed E-state index contributed by atoms with van der Waals surface area (Å²) in [6.07, 6.45) is 1.70. The van der Waals surface area contributed by atoms with E-state index in [4.69, 9.17) is 5.11 Å². The summed E-state index contributed by atoms with van der Waals surface area (Å²) < 4.78 is 0. The SMILES string of the molecule is C=C(C(=O)CCCC)C(C)O. The molecule has 64 valence electrons. The maximum absolute atomic E-state index is 11.1. The number of aliphatic hydroxyl groups excluding tert-OH is 1. The van der Waals surface area contributed by atoms with Crippen molar-refractivity contribution in [2.75, 3.05) is 0 Å². The minimum atomic E-state index is -0.695. The summed E-state index contributed by atoms with van der Waals surface area (Å²) >= 11 is 0. The van der Waals surface area contributed by atoms with E-state index in [2.05, 4.69) is 6.58 Å².